The molecule has 1 heterocycles. The standard InChI is InChI=1S/C14H12N2O4S/c1-16-12-9-11(7-8-13(12)20-14(16)17)21(18,19)15-10-5-3-2-4-6-10/h2-9,15H,1H3. The normalized spacial score (nSPS) is 11.7. The molecule has 0 bridgehead atoms. The van der Waals surface area contributed by atoms with Gasteiger partial charge in [-0.15, -0.1) is 0 Å². The van der Waals surface area contributed by atoms with Crippen molar-refractivity contribution in [1.82, 2.24) is 4.57 Å². The molecule has 0 atom stereocenters. The lowest BCUT2D eigenvalue weighted by Gasteiger charge is -2.07. The highest BCUT2D eigenvalue weighted by molar-refractivity contribution is 7.92. The van der Waals surface area contributed by atoms with Crippen molar-refractivity contribution in [2.45, 2.75) is 4.90 Å². The van der Waals surface area contributed by atoms with Gasteiger partial charge in [0, 0.05) is 12.7 Å². The second-order valence-electron chi connectivity index (χ2n) is 4.53. The third-order valence-electron chi connectivity index (χ3n) is 3.10. The zero-order chi connectivity index (χ0) is 15.0. The van der Waals surface area contributed by atoms with E-state index in [1.807, 2.05) is 0 Å². The molecule has 2 aromatic carbocycles. The van der Waals surface area contributed by atoms with E-state index in [2.05, 4.69) is 4.72 Å². The van der Waals surface area contributed by atoms with Crippen molar-refractivity contribution in [3.63, 3.8) is 0 Å². The van der Waals surface area contributed by atoms with E-state index >= 15 is 0 Å². The second kappa shape index (κ2) is 4.78. The number of para-hydroxylation sites is 1. The first-order valence-corrected chi connectivity index (χ1v) is 7.63. The molecule has 1 N–H and O–H groups in total. The van der Waals surface area contributed by atoms with Gasteiger partial charge in [0.25, 0.3) is 10.0 Å². The van der Waals surface area contributed by atoms with Gasteiger partial charge >= 0.3 is 5.76 Å². The van der Waals surface area contributed by atoms with Crippen molar-refractivity contribution < 1.29 is 12.8 Å². The van der Waals surface area contributed by atoms with Crippen LogP contribution in [0, 0.1) is 0 Å². The number of nitrogens with zero attached hydrogens (tertiary/aromatic N) is 1. The van der Waals surface area contributed by atoms with Crippen LogP contribution in [-0.4, -0.2) is 13.0 Å². The summed E-state index contributed by atoms with van der Waals surface area (Å²) in [6, 6.07) is 12.9. The van der Waals surface area contributed by atoms with Crippen LogP contribution in [0.3, 0.4) is 0 Å². The van der Waals surface area contributed by atoms with Gasteiger partial charge in [-0.05, 0) is 30.3 Å². The molecular formula is C14H12N2O4S. The topological polar surface area (TPSA) is 81.3 Å². The van der Waals surface area contributed by atoms with Crippen molar-refractivity contribution in [2.24, 2.45) is 7.05 Å². The van der Waals surface area contributed by atoms with Gasteiger partial charge in [-0.2, -0.15) is 0 Å². The summed E-state index contributed by atoms with van der Waals surface area (Å²) in [6.07, 6.45) is 0. The summed E-state index contributed by atoms with van der Waals surface area (Å²) < 4.78 is 33.4. The number of oxazole rings is 1. The Hall–Kier alpha value is -2.54. The maximum absolute atomic E-state index is 12.3. The van der Waals surface area contributed by atoms with Crippen LogP contribution in [0.25, 0.3) is 11.1 Å². The first-order chi connectivity index (χ1) is 9.97. The van der Waals surface area contributed by atoms with Gasteiger partial charge in [0.1, 0.15) is 0 Å². The number of sulfonamides is 1. The molecule has 0 saturated heterocycles. The SMILES string of the molecule is Cn1c(=O)oc2ccc(S(=O)(=O)Nc3ccccc3)cc21. The van der Waals surface area contributed by atoms with Gasteiger partial charge in [0.05, 0.1) is 10.4 Å². The van der Waals surface area contributed by atoms with Gasteiger partial charge in [-0.3, -0.25) is 9.29 Å². The molecule has 0 saturated carbocycles. The smallest absolute Gasteiger partial charge is 0.408 e. The Morgan fingerprint density at radius 1 is 1.10 bits per heavy atom. The van der Waals surface area contributed by atoms with E-state index in [1.54, 1.807) is 30.3 Å². The Bertz CT molecular complexity index is 956. The predicted octanol–water partition coefficient (Wildman–Crippen LogP) is 1.93. The zero-order valence-electron chi connectivity index (χ0n) is 11.1. The minimum Gasteiger partial charge on any atom is -0.408 e. The molecule has 0 aliphatic carbocycles. The highest BCUT2D eigenvalue weighted by Gasteiger charge is 2.16. The second-order valence-corrected chi connectivity index (χ2v) is 6.21. The van der Waals surface area contributed by atoms with Crippen LogP contribution in [0.2, 0.25) is 0 Å². The van der Waals surface area contributed by atoms with Crippen molar-refractivity contribution >= 4 is 26.8 Å². The molecule has 0 radical (unpaired) electrons. The fraction of sp³-hybridized carbons (Fsp3) is 0.0714. The summed E-state index contributed by atoms with van der Waals surface area (Å²) in [5.41, 5.74) is 1.25. The third kappa shape index (κ3) is 2.43. The molecule has 0 aliphatic rings. The van der Waals surface area contributed by atoms with Crippen LogP contribution in [0.1, 0.15) is 0 Å². The first-order valence-electron chi connectivity index (χ1n) is 6.15. The number of aryl methyl sites for hydroxylation is 1. The minimum absolute atomic E-state index is 0.0650. The molecule has 0 aliphatic heterocycles. The quantitative estimate of drug-likeness (QED) is 0.801. The number of nitrogens with one attached hydrogen (secondary N) is 1. The van der Waals surface area contributed by atoms with E-state index in [9.17, 15) is 13.2 Å². The summed E-state index contributed by atoms with van der Waals surface area (Å²) >= 11 is 0. The number of anilines is 1. The van der Waals surface area contributed by atoms with Crippen molar-refractivity contribution in [3.05, 3.63) is 59.1 Å². The van der Waals surface area contributed by atoms with Crippen LogP contribution in [-0.2, 0) is 17.1 Å². The van der Waals surface area contributed by atoms with Crippen molar-refractivity contribution in [1.29, 1.82) is 0 Å². The fourth-order valence-electron chi connectivity index (χ4n) is 1.99. The molecule has 3 aromatic rings. The molecule has 1 aromatic heterocycles. The van der Waals surface area contributed by atoms with Crippen molar-refractivity contribution in [2.75, 3.05) is 4.72 Å². The number of hydrogen-bond donors (Lipinski definition) is 1. The van der Waals surface area contributed by atoms with Crippen LogP contribution >= 0.6 is 0 Å². The first kappa shape index (κ1) is 13.4. The summed E-state index contributed by atoms with van der Waals surface area (Å²) in [5.74, 6) is -0.532. The molecule has 0 fully saturated rings. The number of rotatable bonds is 3. The fourth-order valence-corrected chi connectivity index (χ4v) is 3.07. The maximum Gasteiger partial charge on any atom is 0.419 e. The summed E-state index contributed by atoms with van der Waals surface area (Å²) in [4.78, 5) is 11.5. The van der Waals surface area contributed by atoms with Gasteiger partial charge < -0.3 is 4.42 Å². The lowest BCUT2D eigenvalue weighted by molar-refractivity contribution is 0.528. The van der Waals surface area contributed by atoms with Gasteiger partial charge in [0.15, 0.2) is 5.58 Å². The van der Waals surface area contributed by atoms with Crippen LogP contribution < -0.4 is 10.5 Å². The van der Waals surface area contributed by atoms with E-state index in [4.69, 9.17) is 4.42 Å². The van der Waals surface area contributed by atoms with Gasteiger partial charge in [0.2, 0.25) is 0 Å². The molecular weight excluding hydrogens is 292 g/mol. The average molecular weight is 304 g/mol. The number of benzene rings is 2. The molecule has 0 amide bonds. The molecule has 3 rings (SSSR count). The third-order valence-corrected chi connectivity index (χ3v) is 4.48. The Kier molecular flexibility index (Phi) is 3.06. The summed E-state index contributed by atoms with van der Waals surface area (Å²) in [6.45, 7) is 0. The molecule has 21 heavy (non-hydrogen) atoms. The number of fused-ring (bicyclic) bond motifs is 1. The summed E-state index contributed by atoms with van der Waals surface area (Å²) in [5, 5.41) is 0. The Morgan fingerprint density at radius 3 is 2.52 bits per heavy atom. The lowest BCUT2D eigenvalue weighted by atomic mass is 10.3. The molecule has 0 unspecified atom stereocenters. The maximum atomic E-state index is 12.3. The monoisotopic (exact) mass is 304 g/mol. The van der Waals surface area contributed by atoms with E-state index in [0.29, 0.717) is 16.8 Å². The van der Waals surface area contributed by atoms with Crippen molar-refractivity contribution in [3.8, 4) is 0 Å². The predicted molar refractivity (Wildman–Crippen MR) is 78.7 cm³/mol. The van der Waals surface area contributed by atoms with Crippen LogP contribution in [0.5, 0.6) is 0 Å². The van der Waals surface area contributed by atoms with Gasteiger partial charge in [-0.1, -0.05) is 18.2 Å². The Morgan fingerprint density at radius 2 is 1.81 bits per heavy atom. The molecule has 7 heteroatoms. The number of hydrogen-bond acceptors (Lipinski definition) is 4. The van der Waals surface area contributed by atoms with E-state index in [-0.39, 0.29) is 4.90 Å². The Balaban J connectivity index is 2.06. The van der Waals surface area contributed by atoms with E-state index in [0.717, 1.165) is 0 Å². The molecule has 6 nitrogen and oxygen atoms in total. The molecule has 0 spiro atoms. The highest BCUT2D eigenvalue weighted by atomic mass is 32.2. The van der Waals surface area contributed by atoms with Gasteiger partial charge in [-0.25, -0.2) is 13.2 Å². The highest BCUT2D eigenvalue weighted by Crippen LogP contribution is 2.20. The molecule has 108 valence electrons. The van der Waals surface area contributed by atoms with E-state index < -0.39 is 15.8 Å². The average Bonchev–Trinajstić information content (AvgIpc) is 2.74. The zero-order valence-corrected chi connectivity index (χ0v) is 11.9. The minimum atomic E-state index is -3.72. The van der Waals surface area contributed by atoms with E-state index in [1.165, 1.54) is 29.8 Å². The Labute approximate surface area is 120 Å². The van der Waals surface area contributed by atoms with Crippen LogP contribution in [0.4, 0.5) is 5.69 Å². The largest absolute Gasteiger partial charge is 0.419 e. The summed E-state index contributed by atoms with van der Waals surface area (Å²) in [7, 11) is -2.20. The number of aromatic nitrogens is 1. The van der Waals surface area contributed by atoms with Crippen LogP contribution in [0.15, 0.2) is 62.6 Å². The lowest BCUT2D eigenvalue weighted by Crippen LogP contribution is -2.13.